The van der Waals surface area contributed by atoms with Gasteiger partial charge in [0.25, 0.3) is 0 Å². The van der Waals surface area contributed by atoms with Gasteiger partial charge in [0.05, 0.1) is 35.0 Å². The van der Waals surface area contributed by atoms with Crippen LogP contribution >= 0.6 is 0 Å². The second-order valence-corrected chi connectivity index (χ2v) is 12.8. The predicted octanol–water partition coefficient (Wildman–Crippen LogP) is 7.13. The number of aryl methyl sites for hydroxylation is 1. The van der Waals surface area contributed by atoms with Gasteiger partial charge in [0.2, 0.25) is 11.8 Å². The average molecular weight is 649 g/mol. The molecule has 13 heteroatoms. The fraction of sp³-hybridized carbons (Fsp3) is 0.424. The van der Waals surface area contributed by atoms with Crippen LogP contribution < -0.4 is 9.80 Å². The fourth-order valence-electron chi connectivity index (χ4n) is 6.82. The largest absolute Gasteiger partial charge is 0.416 e. The molecule has 2 saturated heterocycles. The number of rotatable bonds is 5. The highest BCUT2D eigenvalue weighted by Gasteiger charge is 2.54. The standard InChI is InChI=1S/C33H31F7N4O2/c1-19-11-23(34)5-6-24(19)25-15-27(44-18-30(2)7-4-10-43(30)17-28(44)45)41-16-26(25)42(3)29(46)31(8-9-31)20-12-21(32(35,36)37)14-22(13-20)33(38,39)40/h5-6,11-16H,4,7-10,17-18H2,1-3H3/t30-/m0/s1. The number of likely N-dealkylation sites (N-methyl/N-ethyl adjacent to an activating group) is 1. The Kier molecular flexibility index (Phi) is 7.49. The summed E-state index contributed by atoms with van der Waals surface area (Å²) in [6.45, 7) is 5.15. The van der Waals surface area contributed by atoms with Gasteiger partial charge in [-0.1, -0.05) is 6.07 Å². The molecular weight excluding hydrogens is 617 g/mol. The molecule has 0 N–H and O–H groups in total. The van der Waals surface area contributed by atoms with Gasteiger partial charge in [-0.05, 0) is 99.2 Å². The minimum absolute atomic E-state index is 0.0406. The Morgan fingerprint density at radius 2 is 1.59 bits per heavy atom. The SMILES string of the molecule is Cc1cc(F)ccc1-c1cc(N2C[C@]3(C)CCCN3CC2=O)ncc1N(C)C(=O)C1(c2cc(C(F)(F)F)cc(C(F)(F)F)c2)CC1. The number of nitrogens with zero attached hydrogens (tertiary/aromatic N) is 4. The first kappa shape index (κ1) is 32.0. The summed E-state index contributed by atoms with van der Waals surface area (Å²) >= 11 is 0. The van der Waals surface area contributed by atoms with Crippen molar-refractivity contribution in [1.29, 1.82) is 0 Å². The first-order chi connectivity index (χ1) is 21.4. The summed E-state index contributed by atoms with van der Waals surface area (Å²) in [5.41, 5.74) is -3.59. The molecule has 6 nitrogen and oxygen atoms in total. The van der Waals surface area contributed by atoms with Crippen LogP contribution in [-0.4, -0.2) is 53.9 Å². The smallest absolute Gasteiger partial charge is 0.313 e. The van der Waals surface area contributed by atoms with Gasteiger partial charge >= 0.3 is 12.4 Å². The Hall–Kier alpha value is -4.00. The molecule has 3 aliphatic rings. The first-order valence-corrected chi connectivity index (χ1v) is 14.8. The van der Waals surface area contributed by atoms with Gasteiger partial charge in [-0.3, -0.25) is 19.4 Å². The van der Waals surface area contributed by atoms with Gasteiger partial charge in [0.15, 0.2) is 0 Å². The third-order valence-corrected chi connectivity index (χ3v) is 9.62. The number of anilines is 2. The van der Waals surface area contributed by atoms with Crippen LogP contribution in [0.4, 0.5) is 42.2 Å². The van der Waals surface area contributed by atoms with Crippen molar-refractivity contribution >= 4 is 23.3 Å². The minimum atomic E-state index is -5.06. The molecule has 0 unspecified atom stereocenters. The number of aromatic nitrogens is 1. The number of hydrogen-bond donors (Lipinski definition) is 0. The van der Waals surface area contributed by atoms with Gasteiger partial charge in [-0.2, -0.15) is 26.3 Å². The maximum Gasteiger partial charge on any atom is 0.416 e. The van der Waals surface area contributed by atoms with E-state index in [0.29, 0.717) is 41.2 Å². The van der Waals surface area contributed by atoms with Crippen LogP contribution in [0.25, 0.3) is 11.1 Å². The summed E-state index contributed by atoms with van der Waals surface area (Å²) in [5, 5.41) is 0. The monoisotopic (exact) mass is 648 g/mol. The predicted molar refractivity (Wildman–Crippen MR) is 157 cm³/mol. The Labute approximate surface area is 260 Å². The van der Waals surface area contributed by atoms with E-state index < -0.39 is 40.6 Å². The van der Waals surface area contributed by atoms with E-state index in [1.54, 1.807) is 17.9 Å². The van der Waals surface area contributed by atoms with E-state index in [0.717, 1.165) is 19.4 Å². The molecular formula is C33H31F7N4O2. The van der Waals surface area contributed by atoms with Crippen LogP contribution in [-0.2, 0) is 27.4 Å². The molecule has 0 bridgehead atoms. The number of fused-ring (bicyclic) bond motifs is 1. The summed E-state index contributed by atoms with van der Waals surface area (Å²) in [5.74, 6) is -1.05. The molecule has 2 aromatic carbocycles. The van der Waals surface area contributed by atoms with E-state index in [2.05, 4.69) is 16.8 Å². The number of benzene rings is 2. The number of hydrogen-bond acceptors (Lipinski definition) is 4. The first-order valence-electron chi connectivity index (χ1n) is 14.8. The number of piperazine rings is 1. The lowest BCUT2D eigenvalue weighted by molar-refractivity contribution is -0.143. The van der Waals surface area contributed by atoms with E-state index >= 15 is 0 Å². The summed E-state index contributed by atoms with van der Waals surface area (Å²) in [6.07, 6.45) is -6.83. The summed E-state index contributed by atoms with van der Waals surface area (Å²) in [4.78, 5) is 36.7. The van der Waals surface area contributed by atoms with Gasteiger partial charge in [0.1, 0.15) is 11.6 Å². The lowest BCUT2D eigenvalue weighted by atomic mass is 9.90. The van der Waals surface area contributed by atoms with Crippen molar-refractivity contribution in [2.75, 3.05) is 36.5 Å². The molecule has 1 aliphatic carbocycles. The van der Waals surface area contributed by atoms with E-state index in [4.69, 9.17) is 0 Å². The number of pyridine rings is 1. The number of carbonyl (C=O) groups is 2. The third kappa shape index (κ3) is 5.52. The van der Waals surface area contributed by atoms with Gasteiger partial charge in [-0.15, -0.1) is 0 Å². The molecule has 2 amide bonds. The van der Waals surface area contributed by atoms with Crippen LogP contribution in [0.5, 0.6) is 0 Å². The zero-order valence-corrected chi connectivity index (χ0v) is 25.3. The van der Waals surface area contributed by atoms with E-state index in [-0.39, 0.29) is 48.1 Å². The van der Waals surface area contributed by atoms with E-state index in [1.807, 2.05) is 0 Å². The summed E-state index contributed by atoms with van der Waals surface area (Å²) in [7, 11) is 1.38. The maximum atomic E-state index is 14.1. The topological polar surface area (TPSA) is 56.8 Å². The highest BCUT2D eigenvalue weighted by Crippen LogP contribution is 2.52. The van der Waals surface area contributed by atoms with Crippen LogP contribution in [0, 0.1) is 12.7 Å². The zero-order valence-electron chi connectivity index (χ0n) is 25.3. The lowest BCUT2D eigenvalue weighted by Gasteiger charge is -2.44. The normalized spacial score (nSPS) is 21.3. The van der Waals surface area contributed by atoms with Crippen LogP contribution in [0.2, 0.25) is 0 Å². The molecule has 3 aromatic rings. The van der Waals surface area contributed by atoms with E-state index in [1.165, 1.54) is 36.3 Å². The maximum absolute atomic E-state index is 14.1. The Balaban J connectivity index is 1.42. The van der Waals surface area contributed by atoms with E-state index in [9.17, 15) is 40.3 Å². The molecule has 244 valence electrons. The molecule has 1 atom stereocenters. The average Bonchev–Trinajstić information content (AvgIpc) is 3.71. The Bertz CT molecular complexity index is 1700. The van der Waals surface area contributed by atoms with Crippen molar-refractivity contribution < 1.29 is 40.3 Å². The molecule has 46 heavy (non-hydrogen) atoms. The molecule has 1 aromatic heterocycles. The highest BCUT2D eigenvalue weighted by atomic mass is 19.4. The van der Waals surface area contributed by atoms with Crippen molar-refractivity contribution in [2.45, 2.75) is 62.8 Å². The van der Waals surface area contributed by atoms with Crippen molar-refractivity contribution in [2.24, 2.45) is 0 Å². The van der Waals surface area contributed by atoms with Crippen LogP contribution in [0.3, 0.4) is 0 Å². The molecule has 6 rings (SSSR count). The number of carbonyl (C=O) groups excluding carboxylic acids is 2. The molecule has 0 radical (unpaired) electrons. The van der Waals surface area contributed by atoms with Gasteiger partial charge in [0, 0.05) is 24.7 Å². The van der Waals surface area contributed by atoms with Crippen molar-refractivity contribution in [3.63, 3.8) is 0 Å². The Morgan fingerprint density at radius 1 is 0.935 bits per heavy atom. The molecule has 0 spiro atoms. The van der Waals surface area contributed by atoms with Crippen molar-refractivity contribution in [3.8, 4) is 11.1 Å². The van der Waals surface area contributed by atoms with Crippen LogP contribution in [0.1, 0.15) is 54.9 Å². The Morgan fingerprint density at radius 3 is 2.17 bits per heavy atom. The molecule has 1 saturated carbocycles. The molecule has 3 heterocycles. The molecule has 3 fully saturated rings. The van der Waals surface area contributed by atoms with Gasteiger partial charge in [-0.25, -0.2) is 9.37 Å². The lowest BCUT2D eigenvalue weighted by Crippen LogP contribution is -2.60. The summed E-state index contributed by atoms with van der Waals surface area (Å²) in [6, 6.07) is 6.93. The second kappa shape index (κ2) is 10.8. The minimum Gasteiger partial charge on any atom is -0.313 e. The summed E-state index contributed by atoms with van der Waals surface area (Å²) < 4.78 is 96.1. The molecule has 2 aliphatic heterocycles. The second-order valence-electron chi connectivity index (χ2n) is 12.8. The zero-order chi connectivity index (χ0) is 33.4. The fourth-order valence-corrected chi connectivity index (χ4v) is 6.82. The quantitative estimate of drug-likeness (QED) is 0.277. The number of amides is 2. The number of halogens is 7. The third-order valence-electron chi connectivity index (χ3n) is 9.62. The van der Waals surface area contributed by atoms with Gasteiger partial charge < -0.3 is 4.90 Å². The van der Waals surface area contributed by atoms with Crippen LogP contribution in [0.15, 0.2) is 48.7 Å². The van der Waals surface area contributed by atoms with Crippen molar-refractivity contribution in [3.05, 3.63) is 76.7 Å². The highest BCUT2D eigenvalue weighted by molar-refractivity contribution is 6.06. The van der Waals surface area contributed by atoms with Crippen molar-refractivity contribution in [1.82, 2.24) is 9.88 Å². The number of alkyl halides is 6.